The van der Waals surface area contributed by atoms with Gasteiger partial charge in [0.15, 0.2) is 0 Å². The van der Waals surface area contributed by atoms with E-state index in [-0.39, 0.29) is 132 Å². The van der Waals surface area contributed by atoms with E-state index in [0.29, 0.717) is 177 Å². The van der Waals surface area contributed by atoms with Crippen LogP contribution in [0.25, 0.3) is 0 Å². The van der Waals surface area contributed by atoms with Crippen LogP contribution in [0, 0.1) is 129 Å². The molecule has 0 radical (unpaired) electrons. The summed E-state index contributed by atoms with van der Waals surface area (Å²) in [5, 5.41) is 86.4. The summed E-state index contributed by atoms with van der Waals surface area (Å²) in [7, 11) is 0. The van der Waals surface area contributed by atoms with Crippen molar-refractivity contribution in [2.45, 2.75) is 155 Å². The Morgan fingerprint density at radius 3 is 0.453 bits per heavy atom. The smallest absolute Gasteiger partial charge is 0.335 e. The van der Waals surface area contributed by atoms with Crippen molar-refractivity contribution in [3.63, 3.8) is 0 Å². The van der Waals surface area contributed by atoms with Crippen LogP contribution in [0.15, 0.2) is 60.7 Å². The minimum Gasteiger partial charge on any atom is -0.481 e. The van der Waals surface area contributed by atoms with Gasteiger partial charge in [0.2, 0.25) is 23.6 Å². The molecule has 5 aromatic carbocycles. The Hall–Kier alpha value is -17.2. The number of carbonyl (C=O) groups is 13. The van der Waals surface area contributed by atoms with Gasteiger partial charge in [0.05, 0.1) is 27.8 Å². The van der Waals surface area contributed by atoms with Crippen molar-refractivity contribution in [3.8, 4) is 181 Å². The number of aromatic carboxylic acids is 5. The number of carboxylic acid groups (broad SMARTS) is 9. The van der Waals surface area contributed by atoms with Crippen LogP contribution in [0.5, 0.6) is 57.5 Å². The molecular weight excluding hydrogens is 1810 g/mol. The standard InChI is InChI=1S/4C18H19NO5.C16H17NO4.C4H10.4C2H4O2.2CH4/c4*1-4-9-23-16-11-14(18(21)22)12-17(24-10-5-2)15(16)7-6-8-19-13(3)20;1-3-8-20-14-10-12(16(18)19)11-15(21-9-4-2)13(14)6-5-7-17;1-4(2)3;4*1-2(3)4;;/h4*1-2,11-12H,6-10H2,3H3,(H,19,20)(H,21,22);1-2,10-11H,5-9,17H2,(H,18,19);4H,1-3H3;4*1H3,(H,3,4);2*1H4. The quantitative estimate of drug-likeness (QED) is 0.0127. The van der Waals surface area contributed by atoms with Gasteiger partial charge in [-0.05, 0) is 137 Å². The zero-order valence-corrected chi connectivity index (χ0v) is 78.3. The number of benzene rings is 5. The number of carboxylic acids is 9. The van der Waals surface area contributed by atoms with Crippen molar-refractivity contribution in [3.05, 3.63) is 116 Å². The minimum absolute atomic E-state index is 0. The summed E-state index contributed by atoms with van der Waals surface area (Å²) in [4.78, 5) is 136. The van der Waals surface area contributed by atoms with Crippen molar-refractivity contribution < 1.29 is 156 Å². The number of terminal acetylenes is 10. The fourth-order valence-corrected chi connectivity index (χ4v) is 9.83. The van der Waals surface area contributed by atoms with Crippen LogP contribution >= 0.6 is 0 Å². The molecule has 139 heavy (non-hydrogen) atoms. The Morgan fingerprint density at radius 2 is 0.367 bits per heavy atom. The number of ether oxygens (including phenoxy) is 10. The Kier molecular flexibility index (Phi) is 81.3. The van der Waals surface area contributed by atoms with Crippen LogP contribution in [0.1, 0.15) is 203 Å². The van der Waals surface area contributed by atoms with Gasteiger partial charge in [-0.15, -0.1) is 64.2 Å². The van der Waals surface area contributed by atoms with Gasteiger partial charge in [-0.2, -0.15) is 0 Å². The highest BCUT2D eigenvalue weighted by atomic mass is 16.5. The number of hydrogen-bond acceptors (Lipinski definition) is 24. The third kappa shape index (κ3) is 71.1. The maximum Gasteiger partial charge on any atom is 0.335 e. The van der Waals surface area contributed by atoms with E-state index in [0.717, 1.165) is 39.2 Å². The molecule has 37 nitrogen and oxygen atoms in total. The molecule has 0 saturated heterocycles. The minimum atomic E-state index is -1.11. The molecule has 5 aromatic rings. The molecule has 752 valence electrons. The summed E-state index contributed by atoms with van der Waals surface area (Å²) in [6, 6.07) is 14.0. The van der Waals surface area contributed by atoms with E-state index in [4.69, 9.17) is 162 Å². The number of aliphatic carboxylic acids is 4. The van der Waals surface area contributed by atoms with Gasteiger partial charge >= 0.3 is 29.8 Å². The van der Waals surface area contributed by atoms with Gasteiger partial charge in [-0.3, -0.25) is 38.4 Å². The molecule has 0 aliphatic carbocycles. The second kappa shape index (κ2) is 83.8. The van der Waals surface area contributed by atoms with Crippen molar-refractivity contribution in [1.29, 1.82) is 0 Å². The Morgan fingerprint density at radius 1 is 0.259 bits per heavy atom. The first-order chi connectivity index (χ1) is 64.8. The lowest BCUT2D eigenvalue weighted by molar-refractivity contribution is -0.135. The molecule has 5 rings (SSSR count). The zero-order valence-electron chi connectivity index (χ0n) is 78.3. The molecule has 0 spiro atoms. The van der Waals surface area contributed by atoms with Crippen molar-refractivity contribution in [2.24, 2.45) is 11.7 Å². The van der Waals surface area contributed by atoms with Crippen LogP contribution < -0.4 is 74.4 Å². The van der Waals surface area contributed by atoms with Crippen LogP contribution in [-0.2, 0) is 70.5 Å². The normalized spacial score (nSPS) is 8.94. The van der Waals surface area contributed by atoms with E-state index in [1.165, 1.54) is 88.4 Å². The van der Waals surface area contributed by atoms with E-state index < -0.39 is 53.7 Å². The Labute approximate surface area is 813 Å². The topological polar surface area (TPSA) is 570 Å². The lowest BCUT2D eigenvalue weighted by Gasteiger charge is -2.16. The summed E-state index contributed by atoms with van der Waals surface area (Å²) in [5.41, 5.74) is 8.99. The van der Waals surface area contributed by atoms with E-state index in [1.54, 1.807) is 0 Å². The summed E-state index contributed by atoms with van der Waals surface area (Å²) < 4.78 is 54.5. The monoisotopic (exact) mass is 1930 g/mol. The molecule has 0 bridgehead atoms. The second-order valence-electron chi connectivity index (χ2n) is 27.3. The second-order valence-corrected chi connectivity index (χ2v) is 27.3. The van der Waals surface area contributed by atoms with Gasteiger partial charge in [0.25, 0.3) is 23.9 Å². The number of carbonyl (C=O) groups excluding carboxylic acids is 4. The third-order valence-electron chi connectivity index (χ3n) is 14.7. The molecule has 0 atom stereocenters. The third-order valence-corrected chi connectivity index (χ3v) is 14.7. The Bertz CT molecular complexity index is 4450. The number of nitrogens with two attached hydrogens (primary N) is 1. The average Bonchev–Trinajstić information content (AvgIpc) is 0.841. The lowest BCUT2D eigenvalue weighted by Crippen LogP contribution is -2.21. The summed E-state index contributed by atoms with van der Waals surface area (Å²) >= 11 is 0. The first-order valence-electron chi connectivity index (χ1n) is 40.9. The molecular formula is C102H127N5O32. The number of hydrogen-bond donors (Lipinski definition) is 14. The van der Waals surface area contributed by atoms with Gasteiger partial charge < -0.3 is 120 Å². The highest BCUT2D eigenvalue weighted by molar-refractivity contribution is 5.92. The maximum atomic E-state index is 11.3. The predicted molar refractivity (Wildman–Crippen MR) is 523 cm³/mol. The first-order valence-corrected chi connectivity index (χ1v) is 40.9. The van der Waals surface area contributed by atoms with Crippen LogP contribution in [0.2, 0.25) is 0 Å². The average molecular weight is 1940 g/mol. The summed E-state index contributed by atoms with van der Waals surface area (Å²) in [6.07, 6.45) is 57.7. The fourth-order valence-electron chi connectivity index (χ4n) is 9.83. The molecule has 0 aliphatic heterocycles. The van der Waals surface area contributed by atoms with Crippen LogP contribution in [0.4, 0.5) is 0 Å². The number of nitrogens with one attached hydrogen (secondary N) is 4. The predicted octanol–water partition coefficient (Wildman–Crippen LogP) is 10.5. The van der Waals surface area contributed by atoms with E-state index in [9.17, 15) is 63.6 Å². The number of amides is 4. The molecule has 0 heterocycles. The van der Waals surface area contributed by atoms with Gasteiger partial charge in [-0.1, -0.05) is 94.8 Å². The van der Waals surface area contributed by atoms with E-state index in [1.807, 2.05) is 0 Å². The lowest BCUT2D eigenvalue weighted by atomic mass is 10.0. The van der Waals surface area contributed by atoms with Crippen molar-refractivity contribution in [1.82, 2.24) is 21.3 Å². The summed E-state index contributed by atoms with van der Waals surface area (Å²) in [6.45, 7) is 19.0. The fraction of sp³-hybridized carbons (Fsp3) is 0.382. The van der Waals surface area contributed by atoms with E-state index in [2.05, 4.69) is 101 Å². The highest BCUT2D eigenvalue weighted by Gasteiger charge is 2.23. The van der Waals surface area contributed by atoms with E-state index >= 15 is 0 Å². The SMILES string of the molecule is C.C.C#CCOc1cc(C(=O)O)cc(OCC#C)c1CCCN.C#CCOc1cc(C(=O)O)cc(OCC#C)c1CCCNC(C)=O.C#CCOc1cc(C(=O)O)cc(OCC#C)c1CCCNC(C)=O.C#CCOc1cc(C(=O)O)cc(OCC#C)c1CCCNC(C)=O.C#CCOc1cc(C(=O)O)cc(OCC#C)c1CCCNC(C)=O.CC(=O)O.CC(=O)O.CC(=O)O.CC(=O)O.CC(C)C. The molecule has 0 saturated carbocycles. The van der Waals surface area contributed by atoms with Gasteiger partial charge in [0.1, 0.15) is 124 Å². The molecule has 0 aromatic heterocycles. The first kappa shape index (κ1) is 135. The van der Waals surface area contributed by atoms with Crippen LogP contribution in [0.3, 0.4) is 0 Å². The molecule has 4 amide bonds. The van der Waals surface area contributed by atoms with Gasteiger partial charge in [-0.25, -0.2) is 24.0 Å². The maximum absolute atomic E-state index is 11.3. The molecule has 0 unspecified atom stereocenters. The molecule has 15 N–H and O–H groups in total. The van der Waals surface area contributed by atoms with Gasteiger partial charge in [0, 0.05) is 109 Å². The molecule has 37 heteroatoms. The summed E-state index contributed by atoms with van der Waals surface area (Å²) in [5.74, 6) is 18.3. The van der Waals surface area contributed by atoms with Crippen molar-refractivity contribution in [2.75, 3.05) is 98.8 Å². The zero-order chi connectivity index (χ0) is 105. The Balaban J connectivity index is -0.000000297. The largest absolute Gasteiger partial charge is 0.481 e. The molecule has 0 aliphatic rings. The van der Waals surface area contributed by atoms with Crippen molar-refractivity contribution >= 4 is 77.4 Å². The van der Waals surface area contributed by atoms with Crippen LogP contribution in [-0.4, -0.2) is 222 Å². The molecule has 0 fully saturated rings. The highest BCUT2D eigenvalue weighted by Crippen LogP contribution is 2.37. The number of rotatable bonds is 44.